The summed E-state index contributed by atoms with van der Waals surface area (Å²) in [6, 6.07) is 9.57. The summed E-state index contributed by atoms with van der Waals surface area (Å²) in [6.07, 6.45) is 7.05. The number of hydrogen-bond acceptors (Lipinski definition) is 2. The van der Waals surface area contributed by atoms with Crippen molar-refractivity contribution in [2.24, 2.45) is 0 Å². The lowest BCUT2D eigenvalue weighted by Crippen LogP contribution is -2.32. The molecule has 1 aliphatic carbocycles. The minimum absolute atomic E-state index is 0.793. The number of aryl methyl sites for hydroxylation is 1. The first kappa shape index (κ1) is 13.0. The van der Waals surface area contributed by atoms with Crippen LogP contribution in [-0.2, 0) is 0 Å². The molecule has 0 aliphatic heterocycles. The molecular weight excluding hydrogens is 226 g/mol. The van der Waals surface area contributed by atoms with Crippen LogP contribution < -0.4 is 5.32 Å². The number of benzene rings is 1. The topological polar surface area (TPSA) is 12.0 Å². The highest BCUT2D eigenvalue weighted by molar-refractivity contribution is 7.99. The number of nitrogens with one attached hydrogen (secondary N) is 1. The van der Waals surface area contributed by atoms with Gasteiger partial charge in [0.2, 0.25) is 0 Å². The molecule has 0 atom stereocenters. The molecule has 1 aliphatic rings. The molecule has 2 heteroatoms. The smallest absolute Gasteiger partial charge is 0.0106 e. The zero-order valence-corrected chi connectivity index (χ0v) is 11.6. The van der Waals surface area contributed by atoms with Crippen molar-refractivity contribution in [1.29, 1.82) is 0 Å². The van der Waals surface area contributed by atoms with Gasteiger partial charge in [-0.25, -0.2) is 0 Å². The Bertz CT molecular complexity index is 331. The highest BCUT2D eigenvalue weighted by Gasteiger charge is 2.11. The van der Waals surface area contributed by atoms with Gasteiger partial charge in [0.05, 0.1) is 0 Å². The Labute approximate surface area is 109 Å². The number of thioether (sulfide) groups is 1. The molecule has 1 nitrogen and oxygen atoms in total. The number of hydrogen-bond donors (Lipinski definition) is 1. The average molecular weight is 249 g/mol. The summed E-state index contributed by atoms with van der Waals surface area (Å²) in [4.78, 5) is 1.40. The van der Waals surface area contributed by atoms with Crippen LogP contribution in [0.15, 0.2) is 29.2 Å². The van der Waals surface area contributed by atoms with Crippen LogP contribution in [0.25, 0.3) is 0 Å². The summed E-state index contributed by atoms with van der Waals surface area (Å²) >= 11 is 1.96. The van der Waals surface area contributed by atoms with E-state index in [-0.39, 0.29) is 0 Å². The first-order valence-corrected chi connectivity index (χ1v) is 7.76. The van der Waals surface area contributed by atoms with Crippen molar-refractivity contribution >= 4 is 11.8 Å². The fourth-order valence-electron chi connectivity index (χ4n) is 2.44. The van der Waals surface area contributed by atoms with Crippen molar-refractivity contribution in [1.82, 2.24) is 5.32 Å². The predicted octanol–water partition coefficient (Wildman–Crippen LogP) is 4.01. The third-order valence-electron chi connectivity index (χ3n) is 3.40. The molecule has 0 unspecified atom stereocenters. The van der Waals surface area contributed by atoms with Gasteiger partial charge < -0.3 is 5.32 Å². The van der Waals surface area contributed by atoms with Crippen LogP contribution in [0, 0.1) is 6.92 Å². The van der Waals surface area contributed by atoms with E-state index >= 15 is 0 Å². The van der Waals surface area contributed by atoms with E-state index in [4.69, 9.17) is 0 Å². The first-order valence-electron chi connectivity index (χ1n) is 6.77. The minimum Gasteiger partial charge on any atom is -0.313 e. The summed E-state index contributed by atoms with van der Waals surface area (Å²) < 4.78 is 0. The second-order valence-electron chi connectivity index (χ2n) is 4.95. The van der Waals surface area contributed by atoms with Gasteiger partial charge in [0.15, 0.2) is 0 Å². The largest absolute Gasteiger partial charge is 0.313 e. The Morgan fingerprint density at radius 2 is 2.06 bits per heavy atom. The van der Waals surface area contributed by atoms with Gasteiger partial charge in [0.25, 0.3) is 0 Å². The highest BCUT2D eigenvalue weighted by atomic mass is 32.2. The van der Waals surface area contributed by atoms with Crippen molar-refractivity contribution in [2.45, 2.75) is 50.0 Å². The Balaban J connectivity index is 1.62. The van der Waals surface area contributed by atoms with Crippen LogP contribution in [0.4, 0.5) is 0 Å². The molecule has 0 heterocycles. The van der Waals surface area contributed by atoms with E-state index in [0.717, 1.165) is 12.6 Å². The van der Waals surface area contributed by atoms with Crippen LogP contribution in [0.2, 0.25) is 0 Å². The van der Waals surface area contributed by atoms with E-state index in [1.807, 2.05) is 11.8 Å². The Morgan fingerprint density at radius 3 is 2.82 bits per heavy atom. The van der Waals surface area contributed by atoms with Crippen molar-refractivity contribution in [3.8, 4) is 0 Å². The normalized spacial score (nSPS) is 17.2. The SMILES string of the molecule is Cc1cccc(SCCNC2CCCCC2)c1. The zero-order valence-electron chi connectivity index (χ0n) is 10.7. The van der Waals surface area contributed by atoms with Crippen molar-refractivity contribution in [3.63, 3.8) is 0 Å². The quantitative estimate of drug-likeness (QED) is 0.625. The van der Waals surface area contributed by atoms with Crippen LogP contribution in [0.3, 0.4) is 0 Å². The molecule has 0 radical (unpaired) electrons. The van der Waals surface area contributed by atoms with Gasteiger partial charge in [-0.1, -0.05) is 37.0 Å². The van der Waals surface area contributed by atoms with Crippen molar-refractivity contribution in [2.75, 3.05) is 12.3 Å². The third kappa shape index (κ3) is 4.72. The molecule has 17 heavy (non-hydrogen) atoms. The summed E-state index contributed by atoms with van der Waals surface area (Å²) in [7, 11) is 0. The zero-order chi connectivity index (χ0) is 11.9. The van der Waals surface area contributed by atoms with Crippen LogP contribution in [0.1, 0.15) is 37.7 Å². The molecule has 2 rings (SSSR count). The Hall–Kier alpha value is -0.470. The maximum Gasteiger partial charge on any atom is 0.0106 e. The lowest BCUT2D eigenvalue weighted by Gasteiger charge is -2.22. The molecule has 0 amide bonds. The average Bonchev–Trinajstić information content (AvgIpc) is 2.36. The summed E-state index contributed by atoms with van der Waals surface area (Å²) in [5.41, 5.74) is 1.36. The molecule has 0 saturated heterocycles. The molecule has 0 aromatic heterocycles. The third-order valence-corrected chi connectivity index (χ3v) is 4.39. The van der Waals surface area contributed by atoms with Crippen molar-refractivity contribution < 1.29 is 0 Å². The van der Waals surface area contributed by atoms with Gasteiger partial charge in [0.1, 0.15) is 0 Å². The van der Waals surface area contributed by atoms with Crippen molar-refractivity contribution in [3.05, 3.63) is 29.8 Å². The van der Waals surface area contributed by atoms with Gasteiger partial charge in [-0.05, 0) is 31.9 Å². The lowest BCUT2D eigenvalue weighted by atomic mass is 9.96. The van der Waals surface area contributed by atoms with Crippen LogP contribution >= 0.6 is 11.8 Å². The van der Waals surface area contributed by atoms with E-state index in [9.17, 15) is 0 Å². The molecule has 1 N–H and O–H groups in total. The maximum atomic E-state index is 3.69. The van der Waals surface area contributed by atoms with E-state index in [2.05, 4.69) is 36.5 Å². The first-order chi connectivity index (χ1) is 8.34. The van der Waals surface area contributed by atoms with E-state index < -0.39 is 0 Å². The van der Waals surface area contributed by atoms with Gasteiger partial charge in [-0.2, -0.15) is 0 Å². The van der Waals surface area contributed by atoms with E-state index in [0.29, 0.717) is 0 Å². The summed E-state index contributed by atoms with van der Waals surface area (Å²) in [5, 5.41) is 3.69. The Morgan fingerprint density at radius 1 is 1.24 bits per heavy atom. The molecule has 1 aromatic carbocycles. The fraction of sp³-hybridized carbons (Fsp3) is 0.600. The second kappa shape index (κ2) is 7.07. The van der Waals surface area contributed by atoms with Gasteiger partial charge >= 0.3 is 0 Å². The fourth-order valence-corrected chi connectivity index (χ4v) is 3.34. The summed E-state index contributed by atoms with van der Waals surface area (Å²) in [6.45, 7) is 3.30. The van der Waals surface area contributed by atoms with Gasteiger partial charge in [-0.15, -0.1) is 11.8 Å². The molecule has 1 aromatic rings. The van der Waals surface area contributed by atoms with E-state index in [1.165, 1.54) is 48.3 Å². The molecule has 94 valence electrons. The molecular formula is C15H23NS. The predicted molar refractivity (Wildman–Crippen MR) is 76.8 cm³/mol. The monoisotopic (exact) mass is 249 g/mol. The van der Waals surface area contributed by atoms with Gasteiger partial charge in [-0.3, -0.25) is 0 Å². The minimum atomic E-state index is 0.793. The molecule has 0 bridgehead atoms. The second-order valence-corrected chi connectivity index (χ2v) is 6.12. The van der Waals surface area contributed by atoms with Gasteiger partial charge in [0, 0.05) is 23.2 Å². The molecule has 0 spiro atoms. The molecule has 1 saturated carbocycles. The Kier molecular flexibility index (Phi) is 5.40. The maximum absolute atomic E-state index is 3.69. The molecule has 1 fully saturated rings. The summed E-state index contributed by atoms with van der Waals surface area (Å²) in [5.74, 6) is 1.18. The number of rotatable bonds is 5. The van der Waals surface area contributed by atoms with E-state index in [1.54, 1.807) is 0 Å². The van der Waals surface area contributed by atoms with Crippen LogP contribution in [-0.4, -0.2) is 18.3 Å². The van der Waals surface area contributed by atoms with Crippen LogP contribution in [0.5, 0.6) is 0 Å². The lowest BCUT2D eigenvalue weighted by molar-refractivity contribution is 0.381. The highest BCUT2D eigenvalue weighted by Crippen LogP contribution is 2.19. The standard InChI is InChI=1S/C15H23NS/c1-13-6-5-9-15(12-13)17-11-10-16-14-7-3-2-4-8-14/h5-6,9,12,14,16H,2-4,7-8,10-11H2,1H3.